The molecule has 0 radical (unpaired) electrons. The summed E-state index contributed by atoms with van der Waals surface area (Å²) in [7, 11) is 3.15. The highest BCUT2D eigenvalue weighted by molar-refractivity contribution is 6.31. The lowest BCUT2D eigenvalue weighted by Gasteiger charge is -2.14. The van der Waals surface area contributed by atoms with Crippen LogP contribution >= 0.6 is 11.6 Å². The van der Waals surface area contributed by atoms with Crippen molar-refractivity contribution in [1.82, 2.24) is 10.2 Å². The lowest BCUT2D eigenvalue weighted by Crippen LogP contribution is -2.36. The van der Waals surface area contributed by atoms with Gasteiger partial charge < -0.3 is 15.5 Å². The van der Waals surface area contributed by atoms with Crippen LogP contribution in [0.2, 0.25) is 5.02 Å². The highest BCUT2D eigenvalue weighted by Gasteiger charge is 2.16. The van der Waals surface area contributed by atoms with Crippen molar-refractivity contribution >= 4 is 35.0 Å². The first kappa shape index (κ1) is 19.4. The lowest BCUT2D eigenvalue weighted by atomic mass is 10.1. The van der Waals surface area contributed by atoms with Crippen LogP contribution in [-0.4, -0.2) is 43.3 Å². The van der Waals surface area contributed by atoms with Crippen molar-refractivity contribution in [1.29, 1.82) is 0 Å². The Morgan fingerprint density at radius 1 is 1.04 bits per heavy atom. The summed E-state index contributed by atoms with van der Waals surface area (Å²) in [5.74, 6) is -1.80. The fourth-order valence-electron chi connectivity index (χ4n) is 2.02. The molecule has 26 heavy (non-hydrogen) atoms. The third kappa shape index (κ3) is 5.03. The molecular formula is C18H17ClFN3O3. The van der Waals surface area contributed by atoms with Gasteiger partial charge in [0.25, 0.3) is 11.8 Å². The van der Waals surface area contributed by atoms with Gasteiger partial charge in [-0.15, -0.1) is 0 Å². The van der Waals surface area contributed by atoms with Crippen molar-refractivity contribution in [2.45, 2.75) is 0 Å². The largest absolute Gasteiger partial charge is 0.347 e. The molecule has 2 aromatic carbocycles. The zero-order chi connectivity index (χ0) is 19.3. The smallest absolute Gasteiger partial charge is 0.255 e. The molecule has 0 aromatic heterocycles. The predicted molar refractivity (Wildman–Crippen MR) is 96.8 cm³/mol. The second-order valence-electron chi connectivity index (χ2n) is 5.62. The van der Waals surface area contributed by atoms with E-state index in [9.17, 15) is 18.8 Å². The zero-order valence-electron chi connectivity index (χ0n) is 14.2. The number of anilines is 1. The van der Waals surface area contributed by atoms with Crippen LogP contribution in [0.4, 0.5) is 10.1 Å². The van der Waals surface area contributed by atoms with Crippen LogP contribution in [0.25, 0.3) is 0 Å². The Hall–Kier alpha value is -2.93. The quantitative estimate of drug-likeness (QED) is 0.840. The van der Waals surface area contributed by atoms with Crippen molar-refractivity contribution < 1.29 is 18.8 Å². The number of carbonyl (C=O) groups excluding carboxylic acids is 3. The molecule has 2 aromatic rings. The van der Waals surface area contributed by atoms with Crippen LogP contribution < -0.4 is 10.6 Å². The van der Waals surface area contributed by atoms with Gasteiger partial charge in [-0.1, -0.05) is 11.6 Å². The monoisotopic (exact) mass is 377 g/mol. The van der Waals surface area contributed by atoms with E-state index in [2.05, 4.69) is 10.6 Å². The van der Waals surface area contributed by atoms with Crippen molar-refractivity contribution in [3.63, 3.8) is 0 Å². The van der Waals surface area contributed by atoms with E-state index in [0.717, 1.165) is 12.1 Å². The van der Waals surface area contributed by atoms with Gasteiger partial charge in [0.15, 0.2) is 0 Å². The Morgan fingerprint density at radius 3 is 2.31 bits per heavy atom. The number of rotatable bonds is 5. The van der Waals surface area contributed by atoms with E-state index in [1.54, 1.807) is 14.1 Å². The van der Waals surface area contributed by atoms with Gasteiger partial charge in [0.05, 0.1) is 17.8 Å². The Morgan fingerprint density at radius 2 is 1.69 bits per heavy atom. The molecule has 0 aliphatic carbocycles. The summed E-state index contributed by atoms with van der Waals surface area (Å²) in [6.45, 7) is -0.181. The van der Waals surface area contributed by atoms with Crippen molar-refractivity contribution in [2.75, 3.05) is 26.0 Å². The fourth-order valence-corrected chi connectivity index (χ4v) is 2.19. The van der Waals surface area contributed by atoms with Gasteiger partial charge in [-0.25, -0.2) is 4.39 Å². The van der Waals surface area contributed by atoms with Gasteiger partial charge in [0, 0.05) is 24.7 Å². The molecule has 0 bridgehead atoms. The van der Waals surface area contributed by atoms with Crippen molar-refractivity contribution in [3.05, 3.63) is 64.4 Å². The van der Waals surface area contributed by atoms with Gasteiger partial charge >= 0.3 is 0 Å². The molecule has 3 amide bonds. The van der Waals surface area contributed by atoms with E-state index < -0.39 is 17.6 Å². The molecule has 136 valence electrons. The molecule has 2 N–H and O–H groups in total. The van der Waals surface area contributed by atoms with Gasteiger partial charge in [-0.3, -0.25) is 14.4 Å². The molecule has 8 heteroatoms. The molecule has 0 saturated heterocycles. The van der Waals surface area contributed by atoms with Gasteiger partial charge in [-0.05, 0) is 42.5 Å². The van der Waals surface area contributed by atoms with Crippen LogP contribution in [0.1, 0.15) is 20.7 Å². The average molecular weight is 378 g/mol. The molecular weight excluding hydrogens is 361 g/mol. The minimum atomic E-state index is -0.536. The Balaban J connectivity index is 2.18. The summed E-state index contributed by atoms with van der Waals surface area (Å²) in [5.41, 5.74) is 0.554. The second kappa shape index (κ2) is 8.44. The highest BCUT2D eigenvalue weighted by atomic mass is 35.5. The van der Waals surface area contributed by atoms with E-state index in [1.807, 2.05) is 0 Å². The maximum absolute atomic E-state index is 13.0. The van der Waals surface area contributed by atoms with E-state index in [0.29, 0.717) is 5.02 Å². The SMILES string of the molecule is CN(C)C(=O)CNC(=O)c1ccc(Cl)cc1NC(=O)c1ccc(F)cc1. The minimum Gasteiger partial charge on any atom is -0.347 e. The Labute approximate surface area is 154 Å². The molecule has 0 unspecified atom stereocenters. The van der Waals surface area contributed by atoms with Crippen LogP contribution in [-0.2, 0) is 4.79 Å². The van der Waals surface area contributed by atoms with Crippen LogP contribution in [0.5, 0.6) is 0 Å². The summed E-state index contributed by atoms with van der Waals surface area (Å²) in [5, 5.41) is 5.38. The zero-order valence-corrected chi connectivity index (χ0v) is 14.9. The second-order valence-corrected chi connectivity index (χ2v) is 6.06. The van der Waals surface area contributed by atoms with Crippen molar-refractivity contribution in [3.8, 4) is 0 Å². The van der Waals surface area contributed by atoms with Crippen LogP contribution in [0.3, 0.4) is 0 Å². The number of nitrogens with zero attached hydrogens (tertiary/aromatic N) is 1. The van der Waals surface area contributed by atoms with Crippen LogP contribution in [0, 0.1) is 5.82 Å². The number of likely N-dealkylation sites (N-methyl/N-ethyl adjacent to an activating group) is 1. The topological polar surface area (TPSA) is 78.5 Å². The summed E-state index contributed by atoms with van der Waals surface area (Å²) in [6, 6.07) is 9.33. The summed E-state index contributed by atoms with van der Waals surface area (Å²) < 4.78 is 13.0. The number of nitrogens with one attached hydrogen (secondary N) is 2. The lowest BCUT2D eigenvalue weighted by molar-refractivity contribution is -0.127. The van der Waals surface area contributed by atoms with E-state index >= 15 is 0 Å². The van der Waals surface area contributed by atoms with Crippen molar-refractivity contribution in [2.24, 2.45) is 0 Å². The normalized spacial score (nSPS) is 10.2. The standard InChI is InChI=1S/C18H17ClFN3O3/c1-23(2)16(24)10-21-18(26)14-8-5-12(19)9-15(14)22-17(25)11-3-6-13(20)7-4-11/h3-9H,10H2,1-2H3,(H,21,26)(H,22,25). The minimum absolute atomic E-state index is 0.149. The van der Waals surface area contributed by atoms with Gasteiger partial charge in [-0.2, -0.15) is 0 Å². The molecule has 6 nitrogen and oxygen atoms in total. The summed E-state index contributed by atoms with van der Waals surface area (Å²) >= 11 is 5.95. The fraction of sp³-hybridized carbons (Fsp3) is 0.167. The van der Waals surface area contributed by atoms with E-state index in [1.165, 1.54) is 35.2 Å². The first-order valence-electron chi connectivity index (χ1n) is 7.62. The average Bonchev–Trinajstić information content (AvgIpc) is 2.59. The Bertz CT molecular complexity index is 838. The summed E-state index contributed by atoms with van der Waals surface area (Å²) in [4.78, 5) is 37.6. The molecule has 0 saturated carbocycles. The molecule has 0 heterocycles. The number of carbonyl (C=O) groups is 3. The molecule has 0 spiro atoms. The molecule has 2 rings (SSSR count). The first-order valence-corrected chi connectivity index (χ1v) is 8.00. The number of benzene rings is 2. The number of amides is 3. The number of hydrogen-bond acceptors (Lipinski definition) is 3. The maximum Gasteiger partial charge on any atom is 0.255 e. The number of hydrogen-bond donors (Lipinski definition) is 2. The maximum atomic E-state index is 13.0. The Kier molecular flexibility index (Phi) is 6.30. The van der Waals surface area contributed by atoms with Gasteiger partial charge in [0.2, 0.25) is 5.91 Å². The third-order valence-corrected chi connectivity index (χ3v) is 3.71. The first-order chi connectivity index (χ1) is 12.3. The van der Waals surface area contributed by atoms with E-state index in [-0.39, 0.29) is 29.3 Å². The molecule has 0 aliphatic rings. The summed E-state index contributed by atoms with van der Waals surface area (Å²) in [6.07, 6.45) is 0. The third-order valence-electron chi connectivity index (χ3n) is 3.48. The van der Waals surface area contributed by atoms with Crippen LogP contribution in [0.15, 0.2) is 42.5 Å². The highest BCUT2D eigenvalue weighted by Crippen LogP contribution is 2.22. The number of halogens is 2. The van der Waals surface area contributed by atoms with Gasteiger partial charge in [0.1, 0.15) is 5.82 Å². The molecule has 0 aliphatic heterocycles. The molecule has 0 atom stereocenters. The van der Waals surface area contributed by atoms with E-state index in [4.69, 9.17) is 11.6 Å². The predicted octanol–water partition coefficient (Wildman–Crippen LogP) is 2.55. The molecule has 0 fully saturated rings.